The van der Waals surface area contributed by atoms with Gasteiger partial charge in [0.1, 0.15) is 0 Å². The van der Waals surface area contributed by atoms with E-state index in [9.17, 15) is 8.78 Å². The van der Waals surface area contributed by atoms with Crippen LogP contribution in [0.5, 0.6) is 11.5 Å². The molecule has 2 aromatic rings. The number of ether oxygens (including phenoxy) is 2. The highest BCUT2D eigenvalue weighted by atomic mass is 19.3. The van der Waals surface area contributed by atoms with Crippen molar-refractivity contribution in [3.8, 4) is 11.5 Å². The molecule has 0 saturated carbocycles. The number of aromatic nitrogens is 1. The van der Waals surface area contributed by atoms with Crippen molar-refractivity contribution in [1.82, 2.24) is 4.98 Å². The van der Waals surface area contributed by atoms with Gasteiger partial charge >= 0.3 is 6.29 Å². The number of anilines is 1. The zero-order valence-electron chi connectivity index (χ0n) is 10.6. The summed E-state index contributed by atoms with van der Waals surface area (Å²) in [4.78, 5) is 3.95. The number of pyridine rings is 1. The number of benzene rings is 1. The van der Waals surface area contributed by atoms with Gasteiger partial charge in [-0.3, -0.25) is 4.98 Å². The zero-order valence-corrected chi connectivity index (χ0v) is 10.6. The molecule has 0 spiro atoms. The minimum atomic E-state index is -3.59. The standard InChI is InChI=1S/C14H12F2N2O2/c1-9(10-4-6-17-7-5-10)18-11-2-3-12-13(8-11)20-14(15,16)19-12/h2-9,18H,1H3. The lowest BCUT2D eigenvalue weighted by molar-refractivity contribution is -0.286. The third-order valence-electron chi connectivity index (χ3n) is 2.99. The summed E-state index contributed by atoms with van der Waals surface area (Å²) in [5.41, 5.74) is 1.72. The van der Waals surface area contributed by atoms with Crippen LogP contribution in [0.15, 0.2) is 42.7 Å². The van der Waals surface area contributed by atoms with E-state index in [-0.39, 0.29) is 17.5 Å². The van der Waals surface area contributed by atoms with Crippen molar-refractivity contribution in [1.29, 1.82) is 0 Å². The number of halogens is 2. The average Bonchev–Trinajstić information content (AvgIpc) is 2.73. The van der Waals surface area contributed by atoms with Gasteiger partial charge in [0, 0.05) is 30.2 Å². The molecule has 104 valence electrons. The Labute approximate surface area is 114 Å². The number of alkyl halides is 2. The summed E-state index contributed by atoms with van der Waals surface area (Å²) in [5.74, 6) is 0.0686. The summed E-state index contributed by atoms with van der Waals surface area (Å²) < 4.78 is 34.6. The minimum Gasteiger partial charge on any atom is -0.395 e. The summed E-state index contributed by atoms with van der Waals surface area (Å²) in [6.45, 7) is 1.97. The molecule has 4 nitrogen and oxygen atoms in total. The van der Waals surface area contributed by atoms with E-state index in [1.165, 1.54) is 12.1 Å². The van der Waals surface area contributed by atoms with Crippen molar-refractivity contribution in [2.75, 3.05) is 5.32 Å². The van der Waals surface area contributed by atoms with Crippen LogP contribution >= 0.6 is 0 Å². The first kappa shape index (κ1) is 12.7. The number of fused-ring (bicyclic) bond motifs is 1. The third-order valence-corrected chi connectivity index (χ3v) is 2.99. The molecule has 1 aliphatic rings. The van der Waals surface area contributed by atoms with E-state index in [4.69, 9.17) is 0 Å². The number of hydrogen-bond acceptors (Lipinski definition) is 4. The van der Waals surface area contributed by atoms with Gasteiger partial charge in [0.15, 0.2) is 11.5 Å². The number of nitrogens with one attached hydrogen (secondary N) is 1. The number of rotatable bonds is 3. The molecule has 1 atom stereocenters. The summed E-state index contributed by atoms with van der Waals surface area (Å²) in [6.07, 6.45) is -0.181. The predicted molar refractivity (Wildman–Crippen MR) is 68.9 cm³/mol. The van der Waals surface area contributed by atoms with E-state index in [2.05, 4.69) is 19.8 Å². The normalized spacial score (nSPS) is 16.8. The highest BCUT2D eigenvalue weighted by molar-refractivity contribution is 5.56. The fraction of sp³-hybridized carbons (Fsp3) is 0.214. The van der Waals surface area contributed by atoms with Crippen molar-refractivity contribution in [2.24, 2.45) is 0 Å². The van der Waals surface area contributed by atoms with Gasteiger partial charge in [-0.05, 0) is 36.8 Å². The second kappa shape index (κ2) is 4.63. The molecule has 1 aromatic carbocycles. The Morgan fingerprint density at radius 3 is 2.55 bits per heavy atom. The van der Waals surface area contributed by atoms with E-state index < -0.39 is 6.29 Å². The van der Waals surface area contributed by atoms with Gasteiger partial charge in [0.25, 0.3) is 0 Å². The molecule has 0 saturated heterocycles. The lowest BCUT2D eigenvalue weighted by Gasteiger charge is -2.15. The molecule has 0 aliphatic carbocycles. The molecule has 1 aliphatic heterocycles. The van der Waals surface area contributed by atoms with Gasteiger partial charge in [0.2, 0.25) is 0 Å². The van der Waals surface area contributed by atoms with Crippen LogP contribution in [0.4, 0.5) is 14.5 Å². The van der Waals surface area contributed by atoms with Crippen molar-refractivity contribution >= 4 is 5.69 Å². The van der Waals surface area contributed by atoms with E-state index in [0.717, 1.165) is 5.56 Å². The quantitative estimate of drug-likeness (QED) is 0.932. The molecular formula is C14H12F2N2O2. The fourth-order valence-corrected chi connectivity index (χ4v) is 2.02. The van der Waals surface area contributed by atoms with Crippen molar-refractivity contribution in [2.45, 2.75) is 19.3 Å². The van der Waals surface area contributed by atoms with Crippen molar-refractivity contribution in [3.05, 3.63) is 48.3 Å². The molecule has 0 fully saturated rings. The molecule has 0 amide bonds. The molecule has 6 heteroatoms. The topological polar surface area (TPSA) is 43.4 Å². The molecule has 1 aromatic heterocycles. The first-order valence-corrected chi connectivity index (χ1v) is 6.10. The first-order chi connectivity index (χ1) is 9.53. The zero-order chi connectivity index (χ0) is 14.2. The fourth-order valence-electron chi connectivity index (χ4n) is 2.02. The largest absolute Gasteiger partial charge is 0.586 e. The minimum absolute atomic E-state index is 0.0129. The van der Waals surface area contributed by atoms with E-state index in [1.54, 1.807) is 18.5 Å². The van der Waals surface area contributed by atoms with E-state index in [1.807, 2.05) is 19.1 Å². The number of hydrogen-bond donors (Lipinski definition) is 1. The monoisotopic (exact) mass is 278 g/mol. The smallest absolute Gasteiger partial charge is 0.395 e. The van der Waals surface area contributed by atoms with E-state index in [0.29, 0.717) is 5.69 Å². The number of nitrogens with zero attached hydrogens (tertiary/aromatic N) is 1. The van der Waals surface area contributed by atoms with Crippen LogP contribution in [0.3, 0.4) is 0 Å². The Morgan fingerprint density at radius 2 is 1.80 bits per heavy atom. The molecule has 0 bridgehead atoms. The maximum absolute atomic E-state index is 12.9. The summed E-state index contributed by atoms with van der Waals surface area (Å²) in [7, 11) is 0. The molecule has 1 N–H and O–H groups in total. The van der Waals surface area contributed by atoms with Crippen LogP contribution in [0.1, 0.15) is 18.5 Å². The first-order valence-electron chi connectivity index (χ1n) is 6.10. The van der Waals surface area contributed by atoms with Gasteiger partial charge in [0.05, 0.1) is 0 Å². The van der Waals surface area contributed by atoms with Gasteiger partial charge in [-0.15, -0.1) is 8.78 Å². The average molecular weight is 278 g/mol. The summed E-state index contributed by atoms with van der Waals surface area (Å²) in [5, 5.41) is 3.21. The highest BCUT2D eigenvalue weighted by Gasteiger charge is 2.43. The Kier molecular flexibility index (Phi) is 2.93. The van der Waals surface area contributed by atoms with Crippen LogP contribution in [-0.4, -0.2) is 11.3 Å². The SMILES string of the molecule is CC(Nc1ccc2c(c1)OC(F)(F)O2)c1ccncc1. The van der Waals surface area contributed by atoms with Crippen LogP contribution in [0, 0.1) is 0 Å². The Hall–Kier alpha value is -2.37. The van der Waals surface area contributed by atoms with Gasteiger partial charge in [-0.25, -0.2) is 0 Å². The van der Waals surface area contributed by atoms with E-state index >= 15 is 0 Å². The summed E-state index contributed by atoms with van der Waals surface area (Å²) in [6, 6.07) is 8.41. The molecule has 3 rings (SSSR count). The Bertz CT molecular complexity index is 620. The molecule has 20 heavy (non-hydrogen) atoms. The van der Waals surface area contributed by atoms with Gasteiger partial charge in [-0.1, -0.05) is 0 Å². The van der Waals surface area contributed by atoms with Crippen LogP contribution < -0.4 is 14.8 Å². The molecular weight excluding hydrogens is 266 g/mol. The van der Waals surface area contributed by atoms with Crippen molar-refractivity contribution < 1.29 is 18.3 Å². The van der Waals surface area contributed by atoms with Crippen LogP contribution in [0.2, 0.25) is 0 Å². The predicted octanol–water partition coefficient (Wildman–Crippen LogP) is 3.58. The third kappa shape index (κ3) is 2.49. The second-order valence-corrected chi connectivity index (χ2v) is 4.48. The molecule has 0 radical (unpaired) electrons. The second-order valence-electron chi connectivity index (χ2n) is 4.48. The maximum Gasteiger partial charge on any atom is 0.586 e. The van der Waals surface area contributed by atoms with Crippen LogP contribution in [-0.2, 0) is 0 Å². The Morgan fingerprint density at radius 1 is 1.10 bits per heavy atom. The van der Waals surface area contributed by atoms with Crippen LogP contribution in [0.25, 0.3) is 0 Å². The highest BCUT2D eigenvalue weighted by Crippen LogP contribution is 2.42. The lowest BCUT2D eigenvalue weighted by Crippen LogP contribution is -2.25. The summed E-state index contributed by atoms with van der Waals surface area (Å²) >= 11 is 0. The Balaban J connectivity index is 1.77. The van der Waals surface area contributed by atoms with Gasteiger partial charge < -0.3 is 14.8 Å². The van der Waals surface area contributed by atoms with Crippen molar-refractivity contribution in [3.63, 3.8) is 0 Å². The molecule has 2 heterocycles. The molecule has 1 unspecified atom stereocenters. The lowest BCUT2D eigenvalue weighted by atomic mass is 10.1. The van der Waals surface area contributed by atoms with Gasteiger partial charge in [-0.2, -0.15) is 0 Å². The maximum atomic E-state index is 12.9.